The van der Waals surface area contributed by atoms with E-state index in [0.717, 1.165) is 0 Å². The van der Waals surface area contributed by atoms with Gasteiger partial charge in [-0.15, -0.1) is 0 Å². The van der Waals surface area contributed by atoms with Crippen molar-refractivity contribution in [1.82, 2.24) is 0 Å². The van der Waals surface area contributed by atoms with Crippen LogP contribution in [0.1, 0.15) is 23.0 Å². The van der Waals surface area contributed by atoms with Crippen LogP contribution in [0, 0.1) is 10.1 Å². The topological polar surface area (TPSA) is 95.7 Å². The highest BCUT2D eigenvalue weighted by atomic mass is 35.5. The van der Waals surface area contributed by atoms with Crippen LogP contribution in [0.3, 0.4) is 0 Å². The number of hydrogen-bond donors (Lipinski definition) is 0. The summed E-state index contributed by atoms with van der Waals surface area (Å²) in [5, 5.41) is 11.9. The smallest absolute Gasteiger partial charge is 0.296 e. The van der Waals surface area contributed by atoms with Gasteiger partial charge in [0.25, 0.3) is 10.1 Å². The van der Waals surface area contributed by atoms with Crippen molar-refractivity contribution in [3.63, 3.8) is 0 Å². The highest BCUT2D eigenvalue weighted by Crippen LogP contribution is 2.47. The first-order chi connectivity index (χ1) is 14.8. The first-order valence-electron chi connectivity index (χ1n) is 9.47. The number of hydrogen-bond acceptors (Lipinski definition) is 6. The summed E-state index contributed by atoms with van der Waals surface area (Å²) >= 11 is 6.20. The lowest BCUT2D eigenvalue weighted by atomic mass is 9.82. The zero-order valence-corrected chi connectivity index (χ0v) is 17.8. The molecule has 2 atom stereocenters. The van der Waals surface area contributed by atoms with E-state index < -0.39 is 33.4 Å². The van der Waals surface area contributed by atoms with Gasteiger partial charge in [0.05, 0.1) is 17.4 Å². The predicted molar refractivity (Wildman–Crippen MR) is 115 cm³/mol. The van der Waals surface area contributed by atoms with Gasteiger partial charge in [-0.2, -0.15) is 8.42 Å². The van der Waals surface area contributed by atoms with Crippen LogP contribution in [0.5, 0.6) is 11.5 Å². The van der Waals surface area contributed by atoms with Crippen LogP contribution in [0.4, 0.5) is 0 Å². The second kappa shape index (κ2) is 8.66. The van der Waals surface area contributed by atoms with Crippen molar-refractivity contribution in [2.75, 3.05) is 13.2 Å². The Morgan fingerprint density at radius 2 is 1.61 bits per heavy atom. The molecule has 0 aliphatic carbocycles. The molecule has 4 rings (SSSR count). The van der Waals surface area contributed by atoms with E-state index in [1.165, 1.54) is 12.1 Å². The van der Waals surface area contributed by atoms with Gasteiger partial charge in [-0.3, -0.25) is 14.3 Å². The average molecular weight is 460 g/mol. The van der Waals surface area contributed by atoms with Gasteiger partial charge in [-0.05, 0) is 36.4 Å². The molecular formula is C22H18ClNO6S. The van der Waals surface area contributed by atoms with Crippen molar-refractivity contribution in [3.05, 3.63) is 99.1 Å². The molecule has 0 spiro atoms. The molecular weight excluding hydrogens is 442 g/mol. The van der Waals surface area contributed by atoms with Gasteiger partial charge in [-0.1, -0.05) is 48.0 Å². The highest BCUT2D eigenvalue weighted by Gasteiger charge is 2.37. The molecule has 3 aromatic carbocycles. The maximum Gasteiger partial charge on any atom is 0.296 e. The van der Waals surface area contributed by atoms with Crippen LogP contribution in [0.15, 0.2) is 77.7 Å². The molecule has 9 heteroatoms. The summed E-state index contributed by atoms with van der Waals surface area (Å²) in [5.74, 6) is -0.433. The molecule has 0 saturated carbocycles. The maximum atomic E-state index is 12.7. The molecule has 0 unspecified atom stereocenters. The van der Waals surface area contributed by atoms with E-state index in [9.17, 15) is 18.5 Å². The van der Waals surface area contributed by atoms with Crippen LogP contribution >= 0.6 is 11.6 Å². The van der Waals surface area contributed by atoms with Gasteiger partial charge < -0.3 is 4.74 Å². The van der Waals surface area contributed by atoms with Crippen LogP contribution in [-0.4, -0.2) is 26.5 Å². The molecule has 3 aromatic rings. The Balaban J connectivity index is 1.78. The van der Waals surface area contributed by atoms with Gasteiger partial charge in [0.2, 0.25) is 6.54 Å². The summed E-state index contributed by atoms with van der Waals surface area (Å²) in [5.41, 5.74) is 1.16. The van der Waals surface area contributed by atoms with E-state index in [0.29, 0.717) is 27.6 Å². The van der Waals surface area contributed by atoms with Crippen molar-refractivity contribution in [3.8, 4) is 11.5 Å². The molecule has 0 amide bonds. The first-order valence-corrected chi connectivity index (χ1v) is 11.3. The average Bonchev–Trinajstić information content (AvgIpc) is 2.87. The number of rotatable bonds is 6. The normalized spacial score (nSPS) is 17.7. The van der Waals surface area contributed by atoms with E-state index in [1.807, 2.05) is 0 Å². The number of nitro groups is 1. The standard InChI is InChI=1S/C22H18ClNO6S/c23-15-10-11-22-18(12-15)20(14-29-31(27,28)16-6-2-1-3-7-16)19(13-24(25)26)17-8-4-5-9-21(17)30-22/h1-12,19-20H,13-14H2/t19-,20-/m1/s1. The van der Waals surface area contributed by atoms with Crippen molar-refractivity contribution in [1.29, 1.82) is 0 Å². The maximum absolute atomic E-state index is 12.7. The van der Waals surface area contributed by atoms with Crippen molar-refractivity contribution >= 4 is 21.7 Å². The van der Waals surface area contributed by atoms with E-state index in [4.69, 9.17) is 20.5 Å². The molecule has 160 valence electrons. The minimum Gasteiger partial charge on any atom is -0.457 e. The van der Waals surface area contributed by atoms with Gasteiger partial charge in [0, 0.05) is 27.0 Å². The number of nitrogens with zero attached hydrogens (tertiary/aromatic N) is 1. The van der Waals surface area contributed by atoms with Crippen LogP contribution in [-0.2, 0) is 14.3 Å². The second-order valence-electron chi connectivity index (χ2n) is 7.10. The highest BCUT2D eigenvalue weighted by molar-refractivity contribution is 7.86. The first kappa shape index (κ1) is 21.3. The third-order valence-electron chi connectivity index (χ3n) is 5.18. The molecule has 1 aliphatic heterocycles. The minimum atomic E-state index is -4.06. The quantitative estimate of drug-likeness (QED) is 0.292. The summed E-state index contributed by atoms with van der Waals surface area (Å²) in [6, 6.07) is 19.7. The molecule has 0 aromatic heterocycles. The Morgan fingerprint density at radius 1 is 0.935 bits per heavy atom. The summed E-state index contributed by atoms with van der Waals surface area (Å²) in [6.07, 6.45) is 0. The van der Waals surface area contributed by atoms with Gasteiger partial charge in [0.1, 0.15) is 11.5 Å². The summed E-state index contributed by atoms with van der Waals surface area (Å²) in [4.78, 5) is 11.1. The van der Waals surface area contributed by atoms with E-state index >= 15 is 0 Å². The molecule has 7 nitrogen and oxygen atoms in total. The molecule has 0 radical (unpaired) electrons. The predicted octanol–water partition coefficient (Wildman–Crippen LogP) is 5.00. The van der Waals surface area contributed by atoms with Crippen LogP contribution < -0.4 is 4.74 Å². The van der Waals surface area contributed by atoms with E-state index in [-0.39, 0.29) is 11.5 Å². The molecule has 0 fully saturated rings. The Hall–Kier alpha value is -2.94. The fraction of sp³-hybridized carbons (Fsp3) is 0.182. The zero-order chi connectivity index (χ0) is 22.0. The van der Waals surface area contributed by atoms with Gasteiger partial charge in [-0.25, -0.2) is 0 Å². The van der Waals surface area contributed by atoms with Gasteiger partial charge >= 0.3 is 0 Å². The third-order valence-corrected chi connectivity index (χ3v) is 6.71. The zero-order valence-electron chi connectivity index (χ0n) is 16.2. The molecule has 31 heavy (non-hydrogen) atoms. The molecule has 0 saturated heterocycles. The summed E-state index contributed by atoms with van der Waals surface area (Å²) in [6.45, 7) is -0.730. The molecule has 1 heterocycles. The Labute approximate surface area is 184 Å². The Kier molecular flexibility index (Phi) is 5.95. The third kappa shape index (κ3) is 4.56. The number of para-hydroxylation sites is 1. The molecule has 0 N–H and O–H groups in total. The second-order valence-corrected chi connectivity index (χ2v) is 9.15. The monoisotopic (exact) mass is 459 g/mol. The van der Waals surface area contributed by atoms with E-state index in [2.05, 4.69) is 0 Å². The molecule has 0 bridgehead atoms. The fourth-order valence-corrected chi connectivity index (χ4v) is 4.88. The number of fused-ring (bicyclic) bond motifs is 2. The number of benzene rings is 3. The lowest BCUT2D eigenvalue weighted by Crippen LogP contribution is -2.24. The minimum absolute atomic E-state index is 0.0115. The Bertz CT molecular complexity index is 1220. The lowest BCUT2D eigenvalue weighted by Gasteiger charge is -2.23. The fourth-order valence-electron chi connectivity index (χ4n) is 3.74. The van der Waals surface area contributed by atoms with Crippen molar-refractivity contribution < 1.29 is 22.3 Å². The Morgan fingerprint density at radius 3 is 2.35 bits per heavy atom. The SMILES string of the molecule is O=[N+]([O-])C[C@@H]1c2ccccc2Oc2ccc(Cl)cc2[C@H]1COS(=O)(=O)c1ccccc1. The van der Waals surface area contributed by atoms with Crippen molar-refractivity contribution in [2.45, 2.75) is 16.7 Å². The van der Waals surface area contributed by atoms with Crippen LogP contribution in [0.2, 0.25) is 5.02 Å². The summed E-state index contributed by atoms with van der Waals surface area (Å²) < 4.78 is 36.8. The van der Waals surface area contributed by atoms with E-state index in [1.54, 1.807) is 60.7 Å². The van der Waals surface area contributed by atoms with Gasteiger partial charge in [0.15, 0.2) is 0 Å². The number of ether oxygens (including phenoxy) is 1. The largest absolute Gasteiger partial charge is 0.457 e. The lowest BCUT2D eigenvalue weighted by molar-refractivity contribution is -0.484. The molecule has 1 aliphatic rings. The van der Waals surface area contributed by atoms with Crippen molar-refractivity contribution in [2.24, 2.45) is 0 Å². The summed E-state index contributed by atoms with van der Waals surface area (Å²) in [7, 11) is -4.06. The van der Waals surface area contributed by atoms with Crippen LogP contribution in [0.25, 0.3) is 0 Å². The number of halogens is 1.